The van der Waals surface area contributed by atoms with Gasteiger partial charge in [0.05, 0.1) is 18.2 Å². The Morgan fingerprint density at radius 2 is 2.03 bits per heavy atom. The number of benzene rings is 2. The van der Waals surface area contributed by atoms with E-state index in [0.717, 1.165) is 5.56 Å². The van der Waals surface area contributed by atoms with E-state index in [4.69, 9.17) is 26.2 Å². The van der Waals surface area contributed by atoms with Crippen LogP contribution in [-0.4, -0.2) is 60.8 Å². The van der Waals surface area contributed by atoms with Crippen molar-refractivity contribution in [3.05, 3.63) is 64.7 Å². The van der Waals surface area contributed by atoms with Crippen LogP contribution < -0.4 is 10.1 Å². The largest absolute Gasteiger partial charge is 0.492 e. The first-order valence-electron chi connectivity index (χ1n) is 10.1. The Hall–Kier alpha value is -2.61. The van der Waals surface area contributed by atoms with E-state index in [9.17, 15) is 9.59 Å². The Kier molecular flexibility index (Phi) is 7.54. The van der Waals surface area contributed by atoms with Crippen LogP contribution in [0.2, 0.25) is 5.02 Å². The molecule has 1 aliphatic rings. The van der Waals surface area contributed by atoms with E-state index in [1.54, 1.807) is 24.3 Å². The molecule has 0 saturated carbocycles. The van der Waals surface area contributed by atoms with Gasteiger partial charge in [-0.05, 0) is 49.9 Å². The maximum Gasteiger partial charge on any atom is 0.335 e. The maximum atomic E-state index is 13.3. The number of hydrogen-bond acceptors (Lipinski definition) is 5. The van der Waals surface area contributed by atoms with Crippen LogP contribution in [-0.2, 0) is 9.53 Å². The molecule has 2 aromatic carbocycles. The third kappa shape index (κ3) is 5.55. The highest BCUT2D eigenvalue weighted by Gasteiger charge is 2.46. The van der Waals surface area contributed by atoms with Crippen LogP contribution in [0, 0.1) is 0 Å². The minimum absolute atomic E-state index is 0.120. The molecule has 1 heterocycles. The van der Waals surface area contributed by atoms with Gasteiger partial charge < -0.3 is 19.9 Å². The lowest BCUT2D eigenvalue weighted by molar-refractivity contribution is -0.134. The number of hydrogen-bond donors (Lipinski definition) is 2. The lowest BCUT2D eigenvalue weighted by atomic mass is 9.94. The van der Waals surface area contributed by atoms with Crippen molar-refractivity contribution in [3.8, 4) is 5.75 Å². The summed E-state index contributed by atoms with van der Waals surface area (Å²) in [6.07, 6.45) is 0.581. The molecule has 0 aromatic heterocycles. The minimum Gasteiger partial charge on any atom is -0.492 e. The first kappa shape index (κ1) is 23.1. The van der Waals surface area contributed by atoms with Gasteiger partial charge in [0.1, 0.15) is 17.9 Å². The summed E-state index contributed by atoms with van der Waals surface area (Å²) in [6, 6.07) is 13.4. The molecule has 0 aliphatic carbocycles. The highest BCUT2D eigenvalue weighted by atomic mass is 35.5. The second-order valence-corrected chi connectivity index (χ2v) is 8.12. The molecule has 0 bridgehead atoms. The summed E-state index contributed by atoms with van der Waals surface area (Å²) in [5.41, 5.74) is 0.259. The Balaban J connectivity index is 1.62. The van der Waals surface area contributed by atoms with E-state index >= 15 is 0 Å². The minimum atomic E-state index is -0.980. The summed E-state index contributed by atoms with van der Waals surface area (Å²) in [6.45, 7) is 3.62. The van der Waals surface area contributed by atoms with Crippen molar-refractivity contribution in [2.24, 2.45) is 0 Å². The monoisotopic (exact) mass is 446 g/mol. The summed E-state index contributed by atoms with van der Waals surface area (Å²) in [5, 5.41) is 12.7. The fourth-order valence-electron chi connectivity index (χ4n) is 3.61. The Bertz CT molecular complexity index is 912. The molecule has 1 saturated heterocycles. The van der Waals surface area contributed by atoms with Gasteiger partial charge >= 0.3 is 5.97 Å². The van der Waals surface area contributed by atoms with E-state index in [1.807, 2.05) is 31.0 Å². The molecule has 7 nitrogen and oxygen atoms in total. The second kappa shape index (κ2) is 10.1. The lowest BCUT2D eigenvalue weighted by Gasteiger charge is -2.36. The molecule has 1 amide bonds. The number of likely N-dealkylation sites (N-methyl/N-ethyl adjacent to an activating group) is 1. The van der Waals surface area contributed by atoms with Gasteiger partial charge in [-0.2, -0.15) is 0 Å². The molecule has 0 radical (unpaired) electrons. The average molecular weight is 447 g/mol. The van der Waals surface area contributed by atoms with Crippen LogP contribution in [0.5, 0.6) is 5.75 Å². The molecule has 8 heteroatoms. The molecule has 2 aromatic rings. The number of carbonyl (C=O) groups is 2. The van der Waals surface area contributed by atoms with Crippen LogP contribution in [0.1, 0.15) is 35.3 Å². The van der Waals surface area contributed by atoms with Crippen LogP contribution in [0.3, 0.4) is 0 Å². The molecular formula is C23H27ClN2O5. The summed E-state index contributed by atoms with van der Waals surface area (Å²) in [5.74, 6) is -0.419. The summed E-state index contributed by atoms with van der Waals surface area (Å²) < 4.78 is 11.4. The van der Waals surface area contributed by atoms with Gasteiger partial charge in [-0.15, -0.1) is 0 Å². The molecule has 3 rings (SSSR count). The quantitative estimate of drug-likeness (QED) is 0.614. The number of amides is 1. The second-order valence-electron chi connectivity index (χ2n) is 7.68. The highest BCUT2D eigenvalue weighted by Crippen LogP contribution is 2.27. The summed E-state index contributed by atoms with van der Waals surface area (Å²) >= 11 is 5.99. The predicted molar refractivity (Wildman–Crippen MR) is 118 cm³/mol. The van der Waals surface area contributed by atoms with Gasteiger partial charge in [0.15, 0.2) is 0 Å². The molecule has 2 N–H and O–H groups in total. The number of nitrogens with zero attached hydrogens (tertiary/aromatic N) is 1. The number of carboxylic acids is 1. The van der Waals surface area contributed by atoms with Crippen molar-refractivity contribution in [2.75, 3.05) is 33.4 Å². The standard InChI is InChI=1S/C23H27ClN2O5/c1-16(17-6-8-18(9-7-17)21(27)28)25-22(29)23(10-12-30-15-23)26(2)11-13-31-20-5-3-4-19(24)14-20/h3-9,14,16H,10-13,15H2,1-2H3,(H,25,29)(H,27,28)/t16-,23?/m0/s1. The molecule has 166 valence electrons. The average Bonchev–Trinajstić information content (AvgIpc) is 3.25. The first-order valence-corrected chi connectivity index (χ1v) is 10.5. The summed E-state index contributed by atoms with van der Waals surface area (Å²) in [4.78, 5) is 26.3. The van der Waals surface area contributed by atoms with Crippen molar-refractivity contribution < 1.29 is 24.2 Å². The van der Waals surface area contributed by atoms with Crippen LogP contribution >= 0.6 is 11.6 Å². The van der Waals surface area contributed by atoms with E-state index in [1.165, 1.54) is 12.1 Å². The number of aromatic carboxylic acids is 1. The normalized spacial score (nSPS) is 19.2. The Labute approximate surface area is 186 Å². The molecule has 1 unspecified atom stereocenters. The molecule has 31 heavy (non-hydrogen) atoms. The zero-order valence-electron chi connectivity index (χ0n) is 17.6. The number of ether oxygens (including phenoxy) is 2. The molecule has 1 fully saturated rings. The smallest absolute Gasteiger partial charge is 0.335 e. The maximum absolute atomic E-state index is 13.3. The van der Waals surface area contributed by atoms with Gasteiger partial charge in [-0.1, -0.05) is 29.8 Å². The van der Waals surface area contributed by atoms with Crippen LogP contribution in [0.4, 0.5) is 0 Å². The third-order valence-corrected chi connectivity index (χ3v) is 5.89. The van der Waals surface area contributed by atoms with Gasteiger partial charge in [-0.3, -0.25) is 9.69 Å². The van der Waals surface area contributed by atoms with Crippen LogP contribution in [0.15, 0.2) is 48.5 Å². The van der Waals surface area contributed by atoms with E-state index < -0.39 is 11.5 Å². The number of carbonyl (C=O) groups excluding carboxylic acids is 1. The molecule has 0 spiro atoms. The van der Waals surface area contributed by atoms with Crippen LogP contribution in [0.25, 0.3) is 0 Å². The van der Waals surface area contributed by atoms with E-state index in [-0.39, 0.29) is 17.5 Å². The van der Waals surface area contributed by atoms with Gasteiger partial charge in [0.25, 0.3) is 0 Å². The van der Waals surface area contributed by atoms with Gasteiger partial charge in [0, 0.05) is 24.6 Å². The number of carboxylic acid groups (broad SMARTS) is 1. The Morgan fingerprint density at radius 1 is 1.29 bits per heavy atom. The van der Waals surface area contributed by atoms with E-state index in [2.05, 4.69) is 5.32 Å². The first-order chi connectivity index (χ1) is 14.8. The number of nitrogens with one attached hydrogen (secondary N) is 1. The van der Waals surface area contributed by atoms with Crippen molar-refractivity contribution in [1.82, 2.24) is 10.2 Å². The summed E-state index contributed by atoms with van der Waals surface area (Å²) in [7, 11) is 1.89. The van der Waals surface area contributed by atoms with Crippen molar-refractivity contribution in [3.63, 3.8) is 0 Å². The number of halogens is 1. The van der Waals surface area contributed by atoms with Gasteiger partial charge in [-0.25, -0.2) is 4.79 Å². The Morgan fingerprint density at radius 3 is 2.65 bits per heavy atom. The SMILES string of the molecule is C[C@H](NC(=O)C1(N(C)CCOc2cccc(Cl)c2)CCOC1)c1ccc(C(=O)O)cc1. The molecule has 1 aliphatic heterocycles. The fourth-order valence-corrected chi connectivity index (χ4v) is 3.79. The fraction of sp³-hybridized carbons (Fsp3) is 0.391. The zero-order chi connectivity index (χ0) is 22.4. The van der Waals surface area contributed by atoms with E-state index in [0.29, 0.717) is 43.6 Å². The third-order valence-electron chi connectivity index (χ3n) is 5.65. The van der Waals surface area contributed by atoms with Gasteiger partial charge in [0.2, 0.25) is 5.91 Å². The molecular weight excluding hydrogens is 420 g/mol. The molecule has 2 atom stereocenters. The lowest BCUT2D eigenvalue weighted by Crippen LogP contribution is -2.59. The van der Waals surface area contributed by atoms with Crippen molar-refractivity contribution >= 4 is 23.5 Å². The zero-order valence-corrected chi connectivity index (χ0v) is 18.4. The number of rotatable bonds is 9. The van der Waals surface area contributed by atoms with Crippen molar-refractivity contribution in [1.29, 1.82) is 0 Å². The van der Waals surface area contributed by atoms with Crippen molar-refractivity contribution in [2.45, 2.75) is 24.9 Å². The topological polar surface area (TPSA) is 88.1 Å². The predicted octanol–water partition coefficient (Wildman–Crippen LogP) is 3.39. The highest BCUT2D eigenvalue weighted by molar-refractivity contribution is 6.30.